The molecular formula is C12H19NO6. The number of aliphatic carboxylic acids is 1. The normalized spacial score (nSPS) is 34.7. The topological polar surface area (TPSA) is 85.3 Å². The maximum Gasteiger partial charge on any atom is 0.332 e. The third-order valence-corrected chi connectivity index (χ3v) is 3.70. The fourth-order valence-corrected chi connectivity index (χ4v) is 2.58. The van der Waals surface area contributed by atoms with E-state index in [0.29, 0.717) is 25.9 Å². The van der Waals surface area contributed by atoms with Crippen LogP contribution in [0, 0.1) is 0 Å². The number of carboxylic acids is 1. The summed E-state index contributed by atoms with van der Waals surface area (Å²) in [7, 11) is 3.16. The quantitative estimate of drug-likeness (QED) is 0.742. The van der Waals surface area contributed by atoms with Crippen LogP contribution in [0.25, 0.3) is 0 Å². The van der Waals surface area contributed by atoms with Gasteiger partial charge in [-0.15, -0.1) is 0 Å². The second-order valence-electron chi connectivity index (χ2n) is 4.82. The highest BCUT2D eigenvalue weighted by Crippen LogP contribution is 2.24. The van der Waals surface area contributed by atoms with E-state index in [2.05, 4.69) is 0 Å². The summed E-state index contributed by atoms with van der Waals surface area (Å²) in [6.45, 7) is 0.900. The third kappa shape index (κ3) is 2.88. The Morgan fingerprint density at radius 3 is 2.05 bits per heavy atom. The van der Waals surface area contributed by atoms with Crippen LogP contribution >= 0.6 is 0 Å². The molecule has 0 radical (unpaired) electrons. The van der Waals surface area contributed by atoms with Crippen molar-refractivity contribution in [3.63, 3.8) is 0 Å². The summed E-state index contributed by atoms with van der Waals surface area (Å²) >= 11 is 0. The minimum absolute atomic E-state index is 0.148. The van der Waals surface area contributed by atoms with E-state index in [1.807, 2.05) is 0 Å². The minimum atomic E-state index is -1.01. The van der Waals surface area contributed by atoms with Crippen LogP contribution in [0.3, 0.4) is 0 Å². The van der Waals surface area contributed by atoms with Crippen LogP contribution in [0.1, 0.15) is 12.8 Å². The first kappa shape index (κ1) is 14.2. The molecule has 0 aromatic rings. The van der Waals surface area contributed by atoms with Gasteiger partial charge < -0.3 is 24.2 Å². The first-order valence-electron chi connectivity index (χ1n) is 6.29. The van der Waals surface area contributed by atoms with Crippen molar-refractivity contribution in [1.82, 2.24) is 4.90 Å². The number of hydrogen-bond acceptors (Lipinski definition) is 5. The molecule has 2 rings (SSSR count). The van der Waals surface area contributed by atoms with Crippen molar-refractivity contribution < 1.29 is 28.9 Å². The summed E-state index contributed by atoms with van der Waals surface area (Å²) < 4.78 is 15.8. The number of carbonyl (C=O) groups is 2. The molecule has 0 saturated carbocycles. The van der Waals surface area contributed by atoms with Crippen LogP contribution in [0.4, 0.5) is 0 Å². The Morgan fingerprint density at radius 2 is 1.63 bits per heavy atom. The van der Waals surface area contributed by atoms with Gasteiger partial charge in [0, 0.05) is 27.3 Å². The monoisotopic (exact) mass is 273 g/mol. The van der Waals surface area contributed by atoms with Crippen LogP contribution in [-0.4, -0.2) is 73.6 Å². The highest BCUT2D eigenvalue weighted by Gasteiger charge is 2.41. The van der Waals surface area contributed by atoms with Gasteiger partial charge in [-0.25, -0.2) is 4.79 Å². The molecule has 2 heterocycles. The molecular weight excluding hydrogens is 254 g/mol. The molecule has 2 unspecified atom stereocenters. The van der Waals surface area contributed by atoms with E-state index in [1.54, 1.807) is 19.1 Å². The fraction of sp³-hybridized carbons (Fsp3) is 0.833. The van der Waals surface area contributed by atoms with Gasteiger partial charge in [-0.1, -0.05) is 0 Å². The summed E-state index contributed by atoms with van der Waals surface area (Å²) in [4.78, 5) is 24.7. The Hall–Kier alpha value is -1.18. The fourth-order valence-electron chi connectivity index (χ4n) is 2.58. The van der Waals surface area contributed by atoms with E-state index in [4.69, 9.17) is 19.3 Å². The Bertz CT molecular complexity index is 348. The van der Waals surface area contributed by atoms with Crippen molar-refractivity contribution in [3.05, 3.63) is 0 Å². The average Bonchev–Trinajstić information content (AvgIpc) is 3.04. The lowest BCUT2D eigenvalue weighted by Crippen LogP contribution is -2.39. The van der Waals surface area contributed by atoms with Crippen LogP contribution in [0.2, 0.25) is 0 Å². The molecule has 2 aliphatic rings. The molecule has 1 amide bonds. The molecule has 2 saturated heterocycles. The van der Waals surface area contributed by atoms with Gasteiger partial charge in [0.1, 0.15) is 18.3 Å². The van der Waals surface area contributed by atoms with Crippen LogP contribution in [0.5, 0.6) is 0 Å². The number of ether oxygens (including phenoxy) is 3. The second kappa shape index (κ2) is 5.85. The van der Waals surface area contributed by atoms with Crippen molar-refractivity contribution in [2.75, 3.05) is 27.3 Å². The lowest BCUT2D eigenvalue weighted by molar-refractivity contribution is -0.154. The molecule has 7 heteroatoms. The largest absolute Gasteiger partial charge is 0.479 e. The maximum absolute atomic E-state index is 12.2. The number of hydrogen-bond donors (Lipinski definition) is 1. The smallest absolute Gasteiger partial charge is 0.332 e. The Balaban J connectivity index is 1.93. The molecule has 7 nitrogen and oxygen atoms in total. The highest BCUT2D eigenvalue weighted by atomic mass is 16.5. The first-order chi connectivity index (χ1) is 9.06. The number of amides is 1. The Morgan fingerprint density at radius 1 is 1.11 bits per heavy atom. The number of methoxy groups -OCH3 is 2. The van der Waals surface area contributed by atoms with Crippen molar-refractivity contribution >= 4 is 11.9 Å². The first-order valence-corrected chi connectivity index (χ1v) is 6.29. The molecule has 19 heavy (non-hydrogen) atoms. The third-order valence-electron chi connectivity index (χ3n) is 3.70. The van der Waals surface area contributed by atoms with Crippen molar-refractivity contribution in [2.24, 2.45) is 0 Å². The SMILES string of the molecule is COC1CN(C(=O)[C@@H]2CC[C@H](C(=O)O)O2)CC1OC. The summed E-state index contributed by atoms with van der Waals surface area (Å²) in [5.41, 5.74) is 0. The predicted molar refractivity (Wildman–Crippen MR) is 63.7 cm³/mol. The van der Waals surface area contributed by atoms with Crippen LogP contribution < -0.4 is 0 Å². The Labute approximate surface area is 111 Å². The van der Waals surface area contributed by atoms with Crippen molar-refractivity contribution in [2.45, 2.75) is 37.3 Å². The lowest BCUT2D eigenvalue weighted by atomic mass is 10.2. The highest BCUT2D eigenvalue weighted by molar-refractivity contribution is 5.83. The van der Waals surface area contributed by atoms with Crippen molar-refractivity contribution in [3.8, 4) is 0 Å². The van der Waals surface area contributed by atoms with E-state index in [1.165, 1.54) is 0 Å². The zero-order valence-corrected chi connectivity index (χ0v) is 11.1. The molecule has 0 aliphatic carbocycles. The number of carbonyl (C=O) groups excluding carboxylic acids is 1. The van der Waals surface area contributed by atoms with Crippen molar-refractivity contribution in [1.29, 1.82) is 0 Å². The molecule has 0 bridgehead atoms. The molecule has 1 N–H and O–H groups in total. The minimum Gasteiger partial charge on any atom is -0.479 e. The van der Waals surface area contributed by atoms with Crippen LogP contribution in [-0.2, 0) is 23.8 Å². The molecule has 0 aromatic heterocycles. The van der Waals surface area contributed by atoms with E-state index >= 15 is 0 Å². The average molecular weight is 273 g/mol. The summed E-state index contributed by atoms with van der Waals surface area (Å²) in [6, 6.07) is 0. The summed E-state index contributed by atoms with van der Waals surface area (Å²) in [6.07, 6.45) is -0.999. The van der Waals surface area contributed by atoms with E-state index < -0.39 is 18.2 Å². The van der Waals surface area contributed by atoms with Gasteiger partial charge >= 0.3 is 5.97 Å². The van der Waals surface area contributed by atoms with Gasteiger partial charge in [-0.05, 0) is 12.8 Å². The van der Waals surface area contributed by atoms with Gasteiger partial charge in [0.05, 0.1) is 0 Å². The van der Waals surface area contributed by atoms with E-state index in [9.17, 15) is 9.59 Å². The zero-order chi connectivity index (χ0) is 14.0. The van der Waals surface area contributed by atoms with Gasteiger partial charge in [-0.2, -0.15) is 0 Å². The summed E-state index contributed by atoms with van der Waals surface area (Å²) in [5, 5.41) is 8.85. The van der Waals surface area contributed by atoms with Gasteiger partial charge in [0.2, 0.25) is 0 Å². The molecule has 4 atom stereocenters. The number of likely N-dealkylation sites (tertiary alicyclic amines) is 1. The number of carboxylic acid groups (broad SMARTS) is 1. The maximum atomic E-state index is 12.2. The number of nitrogens with zero attached hydrogens (tertiary/aromatic N) is 1. The Kier molecular flexibility index (Phi) is 4.38. The van der Waals surface area contributed by atoms with E-state index in [-0.39, 0.29) is 18.1 Å². The standard InChI is InChI=1S/C12H19NO6/c1-17-9-5-13(6-10(9)18-2)11(14)7-3-4-8(19-7)12(15)16/h7-10H,3-6H2,1-2H3,(H,15,16)/t7-,8+,9?,10?/m0/s1. The van der Waals surface area contributed by atoms with Gasteiger partial charge in [0.15, 0.2) is 6.10 Å². The zero-order valence-electron chi connectivity index (χ0n) is 11.1. The van der Waals surface area contributed by atoms with Crippen LogP contribution in [0.15, 0.2) is 0 Å². The van der Waals surface area contributed by atoms with Gasteiger partial charge in [0.25, 0.3) is 5.91 Å². The van der Waals surface area contributed by atoms with Gasteiger partial charge in [-0.3, -0.25) is 4.79 Å². The number of rotatable bonds is 4. The summed E-state index contributed by atoms with van der Waals surface area (Å²) in [5.74, 6) is -1.19. The second-order valence-corrected chi connectivity index (χ2v) is 4.82. The van der Waals surface area contributed by atoms with E-state index in [0.717, 1.165) is 0 Å². The molecule has 0 aromatic carbocycles. The predicted octanol–water partition coefficient (Wildman–Crippen LogP) is -0.509. The molecule has 108 valence electrons. The molecule has 2 aliphatic heterocycles. The lowest BCUT2D eigenvalue weighted by Gasteiger charge is -2.20. The molecule has 2 fully saturated rings. The molecule has 0 spiro atoms.